The first kappa shape index (κ1) is 15.1. The van der Waals surface area contributed by atoms with E-state index in [2.05, 4.69) is 0 Å². The Morgan fingerprint density at radius 3 is 1.93 bits per heavy atom. The lowest BCUT2D eigenvalue weighted by atomic mass is 10.1. The summed E-state index contributed by atoms with van der Waals surface area (Å²) in [5, 5.41) is 0. The third-order valence-electron chi connectivity index (χ3n) is 2.29. The first-order valence-electron chi connectivity index (χ1n) is 5.70. The fourth-order valence-corrected chi connectivity index (χ4v) is 3.51. The molecule has 2 unspecified atom stereocenters. The molecule has 0 rings (SSSR count). The monoisotopic (exact) mass is 235 g/mol. The molecule has 0 aromatic carbocycles. The Hall–Kier alpha value is 0.0569. The maximum atomic E-state index is 5.90. The molecule has 15 heavy (non-hydrogen) atoms. The molecule has 0 aromatic heterocycles. The molecular formula is C10H25NO3Si. The zero-order chi connectivity index (χ0) is 11.9. The van der Waals surface area contributed by atoms with Crippen molar-refractivity contribution in [3.05, 3.63) is 0 Å². The van der Waals surface area contributed by atoms with Gasteiger partial charge in [-0.05, 0) is 27.2 Å². The van der Waals surface area contributed by atoms with E-state index in [0.717, 1.165) is 6.42 Å². The van der Waals surface area contributed by atoms with Gasteiger partial charge in [-0.15, -0.1) is 0 Å². The van der Waals surface area contributed by atoms with Gasteiger partial charge in [-0.3, -0.25) is 0 Å². The zero-order valence-electron chi connectivity index (χ0n) is 10.6. The molecule has 0 bridgehead atoms. The van der Waals surface area contributed by atoms with E-state index in [4.69, 9.17) is 19.0 Å². The molecule has 0 spiro atoms. The highest BCUT2D eigenvalue weighted by Crippen LogP contribution is 2.14. The summed E-state index contributed by atoms with van der Waals surface area (Å²) >= 11 is 0. The van der Waals surface area contributed by atoms with Crippen LogP contribution < -0.4 is 5.73 Å². The van der Waals surface area contributed by atoms with Gasteiger partial charge < -0.3 is 19.0 Å². The maximum Gasteiger partial charge on any atom is 0.497 e. The van der Waals surface area contributed by atoms with Gasteiger partial charge in [0.25, 0.3) is 0 Å². The quantitative estimate of drug-likeness (QED) is 0.652. The van der Waals surface area contributed by atoms with E-state index in [9.17, 15) is 0 Å². The van der Waals surface area contributed by atoms with Crippen molar-refractivity contribution >= 4 is 8.80 Å². The summed E-state index contributed by atoms with van der Waals surface area (Å²) in [6.45, 7) is 11.0. The summed E-state index contributed by atoms with van der Waals surface area (Å²) in [4.78, 5) is 0. The molecule has 2 N–H and O–H groups in total. The molecule has 5 heteroatoms. The van der Waals surface area contributed by atoms with Crippen LogP contribution in [0.4, 0.5) is 0 Å². The van der Waals surface area contributed by atoms with Crippen LogP contribution in [0.15, 0.2) is 0 Å². The molecule has 0 saturated carbocycles. The lowest BCUT2D eigenvalue weighted by molar-refractivity contribution is 0.0349. The van der Waals surface area contributed by atoms with Crippen LogP contribution in [0.5, 0.6) is 0 Å². The Morgan fingerprint density at radius 2 is 1.60 bits per heavy atom. The first-order chi connectivity index (χ1) is 6.99. The Kier molecular flexibility index (Phi) is 7.38. The highest BCUT2D eigenvalue weighted by atomic mass is 28.4. The second-order valence-electron chi connectivity index (χ2n) is 3.62. The van der Waals surface area contributed by atoms with Crippen molar-refractivity contribution in [2.75, 3.05) is 13.2 Å². The minimum absolute atomic E-state index is 0.0234. The van der Waals surface area contributed by atoms with E-state index in [1.807, 2.05) is 34.2 Å². The number of rotatable bonds is 8. The molecule has 92 valence electrons. The van der Waals surface area contributed by atoms with Gasteiger partial charge in [-0.1, -0.05) is 6.92 Å². The van der Waals surface area contributed by atoms with Crippen LogP contribution in [-0.4, -0.2) is 34.2 Å². The van der Waals surface area contributed by atoms with Gasteiger partial charge in [0.1, 0.15) is 0 Å². The molecule has 0 radical (unpaired) electrons. The topological polar surface area (TPSA) is 53.7 Å². The molecular weight excluding hydrogens is 210 g/mol. The minimum atomic E-state index is -2.47. The highest BCUT2D eigenvalue weighted by molar-refractivity contribution is 6.59. The predicted octanol–water partition coefficient (Wildman–Crippen LogP) is 1.77. The summed E-state index contributed by atoms with van der Waals surface area (Å²) in [5.74, 6) is 0. The van der Waals surface area contributed by atoms with Crippen molar-refractivity contribution in [2.24, 2.45) is 5.73 Å². The average Bonchev–Trinajstić information content (AvgIpc) is 2.16. The molecule has 4 nitrogen and oxygen atoms in total. The fourth-order valence-electron chi connectivity index (χ4n) is 1.39. The third kappa shape index (κ3) is 5.63. The summed E-state index contributed by atoms with van der Waals surface area (Å²) in [7, 11) is -2.47. The lowest BCUT2D eigenvalue weighted by Gasteiger charge is -2.30. The number of hydrogen-bond donors (Lipinski definition) is 1. The molecule has 0 aromatic rings. The average molecular weight is 235 g/mol. The van der Waals surface area contributed by atoms with Crippen molar-refractivity contribution in [1.29, 1.82) is 0 Å². The molecule has 0 heterocycles. The summed E-state index contributed by atoms with van der Waals surface area (Å²) in [6.07, 6.45) is 0.869. The van der Waals surface area contributed by atoms with Crippen LogP contribution in [0.3, 0.4) is 0 Å². The Bertz CT molecular complexity index is 163. The highest BCUT2D eigenvalue weighted by Gasteiger charge is 2.36. The largest absolute Gasteiger partial charge is 0.497 e. The van der Waals surface area contributed by atoms with Crippen LogP contribution in [0.1, 0.15) is 34.1 Å². The predicted molar refractivity (Wildman–Crippen MR) is 63.7 cm³/mol. The second kappa shape index (κ2) is 7.35. The van der Waals surface area contributed by atoms with E-state index in [1.165, 1.54) is 0 Å². The number of nitrogens with two attached hydrogens (primary N) is 1. The molecule has 0 aliphatic rings. The standard InChI is InChI=1S/C10H25NO3Si/c1-6-10(11)9(4)14-15(5,12-7-2)13-8-3/h9-10H,6-8,11H2,1-5H3. The number of hydrogen-bond acceptors (Lipinski definition) is 4. The molecule has 0 amide bonds. The zero-order valence-corrected chi connectivity index (χ0v) is 11.6. The van der Waals surface area contributed by atoms with E-state index in [0.29, 0.717) is 13.2 Å². The molecule has 2 atom stereocenters. The van der Waals surface area contributed by atoms with Crippen molar-refractivity contribution in [3.63, 3.8) is 0 Å². The van der Waals surface area contributed by atoms with Gasteiger partial charge in [-0.2, -0.15) is 0 Å². The van der Waals surface area contributed by atoms with Gasteiger partial charge in [0, 0.05) is 25.8 Å². The Morgan fingerprint density at radius 1 is 1.13 bits per heavy atom. The van der Waals surface area contributed by atoms with Crippen molar-refractivity contribution in [1.82, 2.24) is 0 Å². The summed E-state index contributed by atoms with van der Waals surface area (Å²) < 4.78 is 17.0. The first-order valence-corrected chi connectivity index (χ1v) is 7.92. The normalized spacial score (nSPS) is 16.4. The maximum absolute atomic E-state index is 5.90. The van der Waals surface area contributed by atoms with Crippen LogP contribution in [0.2, 0.25) is 6.55 Å². The van der Waals surface area contributed by atoms with Crippen LogP contribution >= 0.6 is 0 Å². The molecule has 0 aliphatic heterocycles. The molecule has 0 saturated heterocycles. The van der Waals surface area contributed by atoms with Crippen molar-refractivity contribution in [2.45, 2.75) is 52.8 Å². The van der Waals surface area contributed by atoms with Crippen LogP contribution in [0.25, 0.3) is 0 Å². The van der Waals surface area contributed by atoms with Gasteiger partial charge in [0.05, 0.1) is 6.10 Å². The lowest BCUT2D eigenvalue weighted by Crippen LogP contribution is -2.49. The van der Waals surface area contributed by atoms with E-state index < -0.39 is 8.80 Å². The van der Waals surface area contributed by atoms with E-state index in [-0.39, 0.29) is 12.1 Å². The van der Waals surface area contributed by atoms with Crippen LogP contribution in [0, 0.1) is 0 Å². The smallest absolute Gasteiger partial charge is 0.374 e. The summed E-state index contributed by atoms with van der Waals surface area (Å²) in [5.41, 5.74) is 5.90. The van der Waals surface area contributed by atoms with Gasteiger partial charge in [0.15, 0.2) is 0 Å². The fraction of sp³-hybridized carbons (Fsp3) is 1.00. The van der Waals surface area contributed by atoms with Gasteiger partial charge in [-0.25, -0.2) is 0 Å². The molecule has 0 aliphatic carbocycles. The van der Waals surface area contributed by atoms with Gasteiger partial charge >= 0.3 is 8.80 Å². The second-order valence-corrected chi connectivity index (χ2v) is 6.16. The summed E-state index contributed by atoms with van der Waals surface area (Å²) in [6, 6.07) is 0.0396. The van der Waals surface area contributed by atoms with Crippen LogP contribution in [-0.2, 0) is 13.3 Å². The Balaban J connectivity index is 4.26. The Labute approximate surface area is 94.5 Å². The van der Waals surface area contributed by atoms with Crippen molar-refractivity contribution < 1.29 is 13.3 Å². The third-order valence-corrected chi connectivity index (χ3v) is 4.71. The van der Waals surface area contributed by atoms with E-state index in [1.54, 1.807) is 0 Å². The van der Waals surface area contributed by atoms with E-state index >= 15 is 0 Å². The minimum Gasteiger partial charge on any atom is -0.374 e. The van der Waals surface area contributed by atoms with Crippen molar-refractivity contribution in [3.8, 4) is 0 Å². The van der Waals surface area contributed by atoms with Gasteiger partial charge in [0.2, 0.25) is 0 Å². The SMILES string of the molecule is CCO[Si](C)(OCC)OC(C)C(N)CC. The molecule has 0 fully saturated rings.